The highest BCUT2D eigenvalue weighted by Gasteiger charge is 2.51. The van der Waals surface area contributed by atoms with Crippen LogP contribution in [0.2, 0.25) is 0 Å². The summed E-state index contributed by atoms with van der Waals surface area (Å²) >= 11 is 0. The molecule has 2 saturated heterocycles. The second kappa shape index (κ2) is 37.2. The van der Waals surface area contributed by atoms with Crippen LogP contribution in [-0.2, 0) is 43.0 Å². The van der Waals surface area contributed by atoms with Crippen molar-refractivity contribution in [3.05, 3.63) is 0 Å². The summed E-state index contributed by atoms with van der Waals surface area (Å²) in [5, 5.41) is 63.9. The van der Waals surface area contributed by atoms with E-state index in [9.17, 15) is 39.1 Å². The van der Waals surface area contributed by atoms with Gasteiger partial charge in [0.2, 0.25) is 0 Å². The molecule has 16 nitrogen and oxygen atoms in total. The first-order chi connectivity index (χ1) is 34.0. The maximum atomic E-state index is 11.2. The zero-order valence-electron chi connectivity index (χ0n) is 46.6. The van der Waals surface area contributed by atoms with Crippen LogP contribution in [0, 0.1) is 47.3 Å². The Kier molecular flexibility index (Phi) is 34.9. The molecule has 2 fully saturated rings. The van der Waals surface area contributed by atoms with Gasteiger partial charge in [0.05, 0.1) is 26.4 Å². The molecule has 0 spiro atoms. The summed E-state index contributed by atoms with van der Waals surface area (Å²) in [6.45, 7) is 22.6. The minimum atomic E-state index is -4.96. The van der Waals surface area contributed by atoms with Gasteiger partial charge in [-0.2, -0.15) is 8.42 Å². The van der Waals surface area contributed by atoms with Gasteiger partial charge in [0, 0.05) is 13.2 Å². The smallest absolute Gasteiger partial charge is 0.394 e. The molecular weight excluding hydrogens is 949 g/mol. The molecule has 0 aliphatic carbocycles. The van der Waals surface area contributed by atoms with Crippen LogP contribution in [0.5, 0.6) is 0 Å². The SMILES string of the molecule is CC(C)CCC[C@@H](C)CCC[C@@H](C)CCC[C@@H](C)CCOC[C@@H](CO[C@H]1O[C@H](CO)[C@@H](O)C(O)C1O[C@H]1O[C@H](COS(=O)(=O)O)[C@@H](O)C(O)C1O)OCC[C@H](C)CCC[C@H](C)CCC[C@H](C)CCCC(C)C. The van der Waals surface area contributed by atoms with Gasteiger partial charge in [-0.3, -0.25) is 4.55 Å². The Morgan fingerprint density at radius 3 is 1.31 bits per heavy atom. The van der Waals surface area contributed by atoms with E-state index in [0.29, 0.717) is 36.9 Å². The molecule has 4 unspecified atom stereocenters. The van der Waals surface area contributed by atoms with Gasteiger partial charge in [0.25, 0.3) is 0 Å². The van der Waals surface area contributed by atoms with Crippen molar-refractivity contribution in [2.24, 2.45) is 47.3 Å². The number of ether oxygens (including phenoxy) is 6. The molecule has 17 heteroatoms. The van der Waals surface area contributed by atoms with E-state index >= 15 is 0 Å². The standard InChI is InChI=1S/C55H108O16S/c1-37(2)17-11-19-39(5)21-13-23-41(7)25-15-27-43(9)29-31-65-34-45(66-32-30-44(10)28-16-26-42(8)24-14-22-40(6)20-12-18-38(3)4)35-67-55-53(51(60)48(57)46(33-56)69-55)71-54-52(61)50(59)49(58)47(70-54)36-68-72(62,63)64/h37-61H,11-36H2,1-10H3,(H,62,63,64)/t39-,40-,41-,42-,43-,44-,45+,46-,47-,48-,49-,50?,51?,52?,53?,54-,55+/m1/s1. The van der Waals surface area contributed by atoms with Crippen LogP contribution < -0.4 is 0 Å². The molecule has 0 aromatic carbocycles. The van der Waals surface area contributed by atoms with Gasteiger partial charge in [-0.05, 0) is 60.2 Å². The third kappa shape index (κ3) is 29.2. The quantitative estimate of drug-likeness (QED) is 0.0223. The van der Waals surface area contributed by atoms with Crippen molar-refractivity contribution in [2.45, 2.75) is 265 Å². The molecule has 17 atom stereocenters. The van der Waals surface area contributed by atoms with Crippen molar-refractivity contribution in [1.29, 1.82) is 0 Å². The van der Waals surface area contributed by atoms with Crippen LogP contribution >= 0.6 is 0 Å². The molecular formula is C55H108O16S. The maximum absolute atomic E-state index is 11.2. The Bertz CT molecular complexity index is 1440. The van der Waals surface area contributed by atoms with E-state index in [-0.39, 0.29) is 13.2 Å². The second-order valence-electron chi connectivity index (χ2n) is 23.5. The highest BCUT2D eigenvalue weighted by molar-refractivity contribution is 7.80. The van der Waals surface area contributed by atoms with Gasteiger partial charge in [0.1, 0.15) is 54.9 Å². The zero-order valence-corrected chi connectivity index (χ0v) is 47.4. The maximum Gasteiger partial charge on any atom is 0.397 e. The van der Waals surface area contributed by atoms with E-state index in [1.165, 1.54) is 96.3 Å². The van der Waals surface area contributed by atoms with Crippen LogP contribution in [0.15, 0.2) is 0 Å². The van der Waals surface area contributed by atoms with E-state index in [0.717, 1.165) is 55.8 Å². The molecule has 0 saturated carbocycles. The lowest BCUT2D eigenvalue weighted by molar-refractivity contribution is -0.368. The molecule has 0 radical (unpaired) electrons. The molecule has 2 heterocycles. The summed E-state index contributed by atoms with van der Waals surface area (Å²) in [5.41, 5.74) is 0. The predicted octanol–water partition coefficient (Wildman–Crippen LogP) is 8.79. The molecule has 430 valence electrons. The van der Waals surface area contributed by atoms with Crippen molar-refractivity contribution in [3.8, 4) is 0 Å². The molecule has 0 amide bonds. The van der Waals surface area contributed by atoms with Crippen molar-refractivity contribution in [2.75, 3.05) is 39.6 Å². The van der Waals surface area contributed by atoms with Crippen molar-refractivity contribution >= 4 is 10.4 Å². The Hall–Kier alpha value is -0.610. The third-order valence-corrected chi connectivity index (χ3v) is 15.6. The summed E-state index contributed by atoms with van der Waals surface area (Å²) in [5.74, 6) is 5.46. The van der Waals surface area contributed by atoms with Gasteiger partial charge >= 0.3 is 10.4 Å². The largest absolute Gasteiger partial charge is 0.397 e. The lowest BCUT2D eigenvalue weighted by atomic mass is 9.91. The second-order valence-corrected chi connectivity index (χ2v) is 24.6. The van der Waals surface area contributed by atoms with Crippen molar-refractivity contribution in [1.82, 2.24) is 0 Å². The lowest BCUT2D eigenvalue weighted by Gasteiger charge is -2.46. The zero-order chi connectivity index (χ0) is 53.8. The van der Waals surface area contributed by atoms with Gasteiger partial charge in [-0.25, -0.2) is 4.18 Å². The Morgan fingerprint density at radius 1 is 0.472 bits per heavy atom. The first kappa shape index (κ1) is 67.5. The number of aliphatic hydroxyl groups is 6. The van der Waals surface area contributed by atoms with Crippen LogP contribution in [0.1, 0.15) is 198 Å². The Balaban J connectivity index is 2.00. The summed E-state index contributed by atoms with van der Waals surface area (Å²) in [6.07, 6.45) is 6.83. The summed E-state index contributed by atoms with van der Waals surface area (Å²) in [7, 11) is -4.96. The minimum Gasteiger partial charge on any atom is -0.394 e. The van der Waals surface area contributed by atoms with Crippen LogP contribution in [0.4, 0.5) is 0 Å². The van der Waals surface area contributed by atoms with E-state index in [2.05, 4.69) is 73.4 Å². The predicted molar refractivity (Wildman–Crippen MR) is 280 cm³/mol. The summed E-state index contributed by atoms with van der Waals surface area (Å²) in [4.78, 5) is 0. The molecule has 72 heavy (non-hydrogen) atoms. The lowest BCUT2D eigenvalue weighted by Crippen LogP contribution is -2.64. The third-order valence-electron chi connectivity index (χ3n) is 15.2. The summed E-state index contributed by atoms with van der Waals surface area (Å²) < 4.78 is 71.9. The van der Waals surface area contributed by atoms with Crippen molar-refractivity contribution < 1.29 is 76.2 Å². The van der Waals surface area contributed by atoms with Crippen LogP contribution in [0.25, 0.3) is 0 Å². The molecule has 2 rings (SSSR count). The van der Waals surface area contributed by atoms with Gasteiger partial charge < -0.3 is 59.1 Å². The fraction of sp³-hybridized carbons (Fsp3) is 1.00. The van der Waals surface area contributed by atoms with Gasteiger partial charge in [0.15, 0.2) is 12.6 Å². The van der Waals surface area contributed by atoms with E-state index in [4.69, 9.17) is 33.0 Å². The van der Waals surface area contributed by atoms with E-state index < -0.39 is 91.1 Å². The molecule has 0 aromatic rings. The summed E-state index contributed by atoms with van der Waals surface area (Å²) in [6, 6.07) is 0. The molecule has 0 bridgehead atoms. The monoisotopic (exact) mass is 1060 g/mol. The highest BCUT2D eigenvalue weighted by Crippen LogP contribution is 2.31. The average Bonchev–Trinajstić information content (AvgIpc) is 3.30. The number of aliphatic hydroxyl groups excluding tert-OH is 6. The van der Waals surface area contributed by atoms with E-state index in [1.807, 2.05) is 0 Å². The first-order valence-electron chi connectivity index (χ1n) is 28.4. The van der Waals surface area contributed by atoms with Crippen LogP contribution in [0.3, 0.4) is 0 Å². The van der Waals surface area contributed by atoms with Crippen molar-refractivity contribution in [3.63, 3.8) is 0 Å². The van der Waals surface area contributed by atoms with Gasteiger partial charge in [-0.1, -0.05) is 185 Å². The normalized spacial score (nSPS) is 28.3. The van der Waals surface area contributed by atoms with E-state index in [1.54, 1.807) is 0 Å². The minimum absolute atomic E-state index is 0.113. The fourth-order valence-electron chi connectivity index (χ4n) is 9.97. The Morgan fingerprint density at radius 2 is 0.875 bits per heavy atom. The average molecular weight is 1060 g/mol. The molecule has 0 aromatic heterocycles. The molecule has 2 aliphatic heterocycles. The fourth-order valence-corrected chi connectivity index (χ4v) is 10.3. The topological polar surface area (TPSA) is 240 Å². The number of hydrogen-bond donors (Lipinski definition) is 7. The molecule has 7 N–H and O–H groups in total. The highest BCUT2D eigenvalue weighted by atomic mass is 32.3. The first-order valence-corrected chi connectivity index (χ1v) is 29.8. The number of rotatable bonds is 42. The Labute approximate surface area is 437 Å². The van der Waals surface area contributed by atoms with Crippen LogP contribution in [-0.4, -0.2) is 151 Å². The van der Waals surface area contributed by atoms with Gasteiger partial charge in [-0.15, -0.1) is 0 Å². The molecule has 2 aliphatic rings. The number of hydrogen-bond acceptors (Lipinski definition) is 15.